The van der Waals surface area contributed by atoms with Gasteiger partial charge in [0.15, 0.2) is 22.7 Å². The molecule has 0 aliphatic rings. The molecule has 0 radical (unpaired) electrons. The van der Waals surface area contributed by atoms with Crippen molar-refractivity contribution in [3.8, 4) is 11.3 Å². The van der Waals surface area contributed by atoms with Gasteiger partial charge in [-0.3, -0.25) is 9.48 Å². The van der Waals surface area contributed by atoms with E-state index in [1.54, 1.807) is 0 Å². The van der Waals surface area contributed by atoms with Crippen molar-refractivity contribution in [1.82, 2.24) is 29.7 Å². The Hall–Kier alpha value is -3.32. The van der Waals surface area contributed by atoms with E-state index < -0.39 is 34.7 Å². The summed E-state index contributed by atoms with van der Waals surface area (Å²) in [4.78, 5) is 16.7. The van der Waals surface area contributed by atoms with Gasteiger partial charge in [-0.1, -0.05) is 35.3 Å². The third-order valence-corrected chi connectivity index (χ3v) is 6.03. The van der Waals surface area contributed by atoms with E-state index >= 15 is 0 Å². The fraction of sp³-hybridized carbons (Fsp3) is 0.273. The van der Waals surface area contributed by atoms with Crippen LogP contribution < -0.4 is 5.32 Å². The van der Waals surface area contributed by atoms with Gasteiger partial charge in [-0.25, -0.2) is 9.50 Å². The number of nitrogens with one attached hydrogen (secondary N) is 1. The Balaban J connectivity index is 1.50. The van der Waals surface area contributed by atoms with Crippen LogP contribution in [0.3, 0.4) is 0 Å². The number of halogens is 8. The van der Waals surface area contributed by atoms with Gasteiger partial charge in [0.2, 0.25) is 0 Å². The summed E-state index contributed by atoms with van der Waals surface area (Å²) in [6.07, 6.45) is -9.33. The summed E-state index contributed by atoms with van der Waals surface area (Å²) in [7, 11) is 0. The lowest BCUT2D eigenvalue weighted by Gasteiger charge is -2.11. The molecule has 0 aliphatic heterocycles. The largest absolute Gasteiger partial charge is 0.436 e. The molecule has 196 valence electrons. The van der Waals surface area contributed by atoms with Gasteiger partial charge in [0.1, 0.15) is 0 Å². The van der Waals surface area contributed by atoms with Crippen LogP contribution in [0, 0.1) is 6.92 Å². The molecule has 4 aromatic rings. The number of nitrogens with zero attached hydrogens (tertiary/aromatic N) is 5. The number of aromatic nitrogens is 5. The zero-order valence-electron chi connectivity index (χ0n) is 18.8. The maximum absolute atomic E-state index is 13.7. The average Bonchev–Trinajstić information content (AvgIpc) is 3.37. The molecule has 0 aliphatic carbocycles. The van der Waals surface area contributed by atoms with Crippen LogP contribution in [-0.2, 0) is 18.9 Å². The number of hydrogen-bond acceptors (Lipinski definition) is 4. The van der Waals surface area contributed by atoms with E-state index in [4.69, 9.17) is 23.2 Å². The number of benzene rings is 1. The molecule has 0 saturated carbocycles. The minimum absolute atomic E-state index is 0.00910. The van der Waals surface area contributed by atoms with Crippen LogP contribution >= 0.6 is 23.2 Å². The fourth-order valence-electron chi connectivity index (χ4n) is 3.50. The molecule has 0 saturated heterocycles. The quantitative estimate of drug-likeness (QED) is 0.228. The van der Waals surface area contributed by atoms with Crippen LogP contribution in [0.1, 0.15) is 34.0 Å². The van der Waals surface area contributed by atoms with Crippen molar-refractivity contribution in [3.63, 3.8) is 0 Å². The second-order valence-electron chi connectivity index (χ2n) is 7.91. The molecule has 1 amide bonds. The molecule has 1 aromatic carbocycles. The number of alkyl halides is 6. The predicted molar refractivity (Wildman–Crippen MR) is 122 cm³/mol. The van der Waals surface area contributed by atoms with Gasteiger partial charge in [0, 0.05) is 29.7 Å². The first-order chi connectivity index (χ1) is 17.3. The average molecular weight is 565 g/mol. The fourth-order valence-corrected chi connectivity index (χ4v) is 3.87. The third-order valence-electron chi connectivity index (χ3n) is 5.32. The zero-order chi connectivity index (χ0) is 27.1. The molecule has 0 spiro atoms. The Bertz CT molecular complexity index is 1460. The van der Waals surface area contributed by atoms with Crippen molar-refractivity contribution in [3.05, 3.63) is 69.2 Å². The molecule has 0 atom stereocenters. The summed E-state index contributed by atoms with van der Waals surface area (Å²) in [5.74, 6) is -0.780. The maximum Gasteiger partial charge on any atom is 0.436 e. The predicted octanol–water partition coefficient (Wildman–Crippen LogP) is 6.07. The van der Waals surface area contributed by atoms with Crippen molar-refractivity contribution >= 4 is 34.8 Å². The van der Waals surface area contributed by atoms with Gasteiger partial charge in [-0.05, 0) is 31.5 Å². The molecule has 7 nitrogen and oxygen atoms in total. The Kier molecular flexibility index (Phi) is 7.12. The van der Waals surface area contributed by atoms with Gasteiger partial charge < -0.3 is 5.32 Å². The summed E-state index contributed by atoms with van der Waals surface area (Å²) in [5, 5.41) is 9.59. The first-order valence-corrected chi connectivity index (χ1v) is 11.3. The van der Waals surface area contributed by atoms with Crippen LogP contribution in [0.25, 0.3) is 16.9 Å². The van der Waals surface area contributed by atoms with Crippen LogP contribution in [0.4, 0.5) is 26.3 Å². The summed E-state index contributed by atoms with van der Waals surface area (Å²) >= 11 is 11.5. The summed E-state index contributed by atoms with van der Waals surface area (Å²) < 4.78 is 81.6. The van der Waals surface area contributed by atoms with E-state index in [1.165, 1.54) is 31.2 Å². The van der Waals surface area contributed by atoms with E-state index in [1.807, 2.05) is 0 Å². The van der Waals surface area contributed by atoms with Crippen molar-refractivity contribution in [1.29, 1.82) is 0 Å². The van der Waals surface area contributed by atoms with Gasteiger partial charge >= 0.3 is 12.4 Å². The number of amides is 1. The zero-order valence-corrected chi connectivity index (χ0v) is 20.3. The lowest BCUT2D eigenvalue weighted by atomic mass is 10.1. The van der Waals surface area contributed by atoms with Gasteiger partial charge in [0.05, 0.1) is 16.4 Å². The number of rotatable bonds is 6. The molecule has 37 heavy (non-hydrogen) atoms. The normalized spacial score (nSPS) is 12.4. The molecule has 3 aromatic heterocycles. The first-order valence-electron chi connectivity index (χ1n) is 10.6. The monoisotopic (exact) mass is 564 g/mol. The van der Waals surface area contributed by atoms with Gasteiger partial charge in [-0.15, -0.1) is 0 Å². The molecule has 0 fully saturated rings. The third kappa shape index (κ3) is 5.67. The van der Waals surface area contributed by atoms with E-state index in [0.29, 0.717) is 15.1 Å². The summed E-state index contributed by atoms with van der Waals surface area (Å²) in [6.45, 7) is 1.38. The van der Waals surface area contributed by atoms with Crippen LogP contribution in [0.2, 0.25) is 10.0 Å². The summed E-state index contributed by atoms with van der Waals surface area (Å²) in [6, 6.07) is 7.96. The molecular formula is C22H16Cl2F6N6O. The topological polar surface area (TPSA) is 77.1 Å². The highest BCUT2D eigenvalue weighted by Gasteiger charge is 2.38. The molecule has 4 rings (SSSR count). The number of carbonyl (C=O) groups is 1. The smallest absolute Gasteiger partial charge is 0.351 e. The second kappa shape index (κ2) is 9.86. The molecule has 1 N–H and O–H groups in total. The van der Waals surface area contributed by atoms with Crippen molar-refractivity contribution in [2.75, 3.05) is 6.54 Å². The van der Waals surface area contributed by atoms with Crippen LogP contribution in [0.15, 0.2) is 36.4 Å². The van der Waals surface area contributed by atoms with Crippen molar-refractivity contribution in [2.24, 2.45) is 0 Å². The highest BCUT2D eigenvalue weighted by atomic mass is 35.5. The second-order valence-corrected chi connectivity index (χ2v) is 8.72. The Morgan fingerprint density at radius 3 is 2.27 bits per heavy atom. The molecule has 3 heterocycles. The molecule has 15 heteroatoms. The molecule has 0 bridgehead atoms. The maximum atomic E-state index is 13.7. The number of fused-ring (bicyclic) bond motifs is 1. The minimum Gasteiger partial charge on any atom is -0.351 e. The number of hydrogen-bond donors (Lipinski definition) is 1. The van der Waals surface area contributed by atoms with E-state index in [0.717, 1.165) is 16.8 Å². The lowest BCUT2D eigenvalue weighted by Crippen LogP contribution is -2.26. The Morgan fingerprint density at radius 2 is 1.68 bits per heavy atom. The first kappa shape index (κ1) is 26.7. The highest BCUT2D eigenvalue weighted by Crippen LogP contribution is 2.35. The van der Waals surface area contributed by atoms with Gasteiger partial charge in [-0.2, -0.15) is 36.5 Å². The lowest BCUT2D eigenvalue weighted by molar-refractivity contribution is -0.143. The van der Waals surface area contributed by atoms with Crippen molar-refractivity contribution < 1.29 is 31.1 Å². The Labute approximate surface area is 215 Å². The van der Waals surface area contributed by atoms with E-state index in [-0.39, 0.29) is 42.2 Å². The number of aryl methyl sites for hydroxylation is 1. The van der Waals surface area contributed by atoms with Crippen LogP contribution in [-0.4, -0.2) is 36.8 Å². The molecule has 0 unspecified atom stereocenters. The SMILES string of the molecule is Cc1c(Cl)c(C(F)(F)F)nn1CCCNC(=O)c1cc2nc(-c3ccc(Cl)cc3)cc(C(F)(F)F)n2n1. The Morgan fingerprint density at radius 1 is 1.00 bits per heavy atom. The molecular weight excluding hydrogens is 549 g/mol. The van der Waals surface area contributed by atoms with E-state index in [9.17, 15) is 31.1 Å². The minimum atomic E-state index is -4.79. The number of carbonyl (C=O) groups excluding carboxylic acids is 1. The highest BCUT2D eigenvalue weighted by molar-refractivity contribution is 6.32. The van der Waals surface area contributed by atoms with Crippen LogP contribution in [0.5, 0.6) is 0 Å². The van der Waals surface area contributed by atoms with Crippen molar-refractivity contribution in [2.45, 2.75) is 32.2 Å². The van der Waals surface area contributed by atoms with Gasteiger partial charge in [0.25, 0.3) is 5.91 Å². The summed E-state index contributed by atoms with van der Waals surface area (Å²) in [5.41, 5.74) is -2.35. The standard InChI is InChI=1S/C22H16Cl2F6N6O/c1-11-18(24)19(22(28,29)30)34-35(11)8-2-7-31-20(37)15-10-17-32-14(12-3-5-13(23)6-4-12)9-16(21(25,26)27)36(17)33-15/h3-6,9-10H,2,7-8H2,1H3,(H,31,37). The van der Waals surface area contributed by atoms with E-state index in [2.05, 4.69) is 20.5 Å².